The maximum atomic E-state index is 13.1. The second-order valence-electron chi connectivity index (χ2n) is 9.25. The van der Waals surface area contributed by atoms with E-state index in [1.165, 1.54) is 17.7 Å². The van der Waals surface area contributed by atoms with Crippen molar-refractivity contribution in [1.82, 2.24) is 4.57 Å². The van der Waals surface area contributed by atoms with Gasteiger partial charge >= 0.3 is 6.09 Å². The highest BCUT2D eigenvalue weighted by molar-refractivity contribution is 5.94. The second-order valence-corrected chi connectivity index (χ2v) is 9.25. The summed E-state index contributed by atoms with van der Waals surface area (Å²) in [5, 5.41) is 10.8. The molecule has 4 rings (SSSR count). The lowest BCUT2D eigenvalue weighted by molar-refractivity contribution is 0.0587. The van der Waals surface area contributed by atoms with Crippen LogP contribution >= 0.6 is 0 Å². The summed E-state index contributed by atoms with van der Waals surface area (Å²) in [5.41, 5.74) is 0.832. The number of rotatable bonds is 3. The maximum Gasteiger partial charge on any atom is 0.415 e. The van der Waals surface area contributed by atoms with E-state index in [1.54, 1.807) is 23.7 Å². The van der Waals surface area contributed by atoms with Gasteiger partial charge in [-0.3, -0.25) is 14.3 Å². The summed E-state index contributed by atoms with van der Waals surface area (Å²) in [6, 6.07) is 5.45. The molecule has 0 unspecified atom stereocenters. The average Bonchev–Trinajstić information content (AvgIpc) is 3.36. The van der Waals surface area contributed by atoms with Crippen LogP contribution in [-0.4, -0.2) is 41.6 Å². The van der Waals surface area contributed by atoms with Gasteiger partial charge in [0.1, 0.15) is 11.4 Å². The Labute approximate surface area is 183 Å². The Morgan fingerprint density at radius 3 is 2.35 bits per heavy atom. The minimum atomic E-state index is -0.620. The van der Waals surface area contributed by atoms with E-state index < -0.39 is 11.7 Å². The van der Waals surface area contributed by atoms with Crippen LogP contribution in [0.15, 0.2) is 23.0 Å². The predicted molar refractivity (Wildman–Crippen MR) is 122 cm³/mol. The molecule has 2 aliphatic rings. The van der Waals surface area contributed by atoms with E-state index >= 15 is 0 Å². The Morgan fingerprint density at radius 1 is 1.23 bits per heavy atom. The Hall–Kier alpha value is -2.38. The van der Waals surface area contributed by atoms with Crippen LogP contribution < -0.4 is 10.5 Å². The fourth-order valence-corrected chi connectivity index (χ4v) is 3.73. The van der Waals surface area contributed by atoms with Gasteiger partial charge in [0, 0.05) is 31.7 Å². The van der Waals surface area contributed by atoms with Crippen LogP contribution in [0.2, 0.25) is 0 Å². The van der Waals surface area contributed by atoms with Crippen LogP contribution in [0.25, 0.3) is 10.8 Å². The van der Waals surface area contributed by atoms with Crippen LogP contribution in [-0.2, 0) is 16.1 Å². The molecule has 1 amide bonds. The van der Waals surface area contributed by atoms with E-state index in [0.717, 1.165) is 42.6 Å². The van der Waals surface area contributed by atoms with Gasteiger partial charge in [-0.25, -0.2) is 4.79 Å². The third kappa shape index (κ3) is 5.46. The van der Waals surface area contributed by atoms with E-state index in [0.29, 0.717) is 11.2 Å². The number of aliphatic hydroxyl groups excluding tert-OH is 1. The highest BCUT2D eigenvalue weighted by Gasteiger charge is 2.32. The van der Waals surface area contributed by atoms with Gasteiger partial charge < -0.3 is 14.6 Å². The number of aryl methyl sites for hydroxylation is 1. The van der Waals surface area contributed by atoms with Crippen molar-refractivity contribution in [3.63, 3.8) is 0 Å². The minimum absolute atomic E-state index is 0.0989. The maximum absolute atomic E-state index is 13.1. The van der Waals surface area contributed by atoms with Crippen LogP contribution in [0.4, 0.5) is 10.6 Å². The van der Waals surface area contributed by atoms with Crippen LogP contribution in [0.1, 0.15) is 63.6 Å². The number of nitrogens with zero attached hydrogens (tertiary/aromatic N) is 2. The summed E-state index contributed by atoms with van der Waals surface area (Å²) in [6.45, 7) is 9.24. The number of ether oxygens (including phenoxy) is 2. The quantitative estimate of drug-likeness (QED) is 0.785. The number of carbonyl (C=O) groups is 1. The largest absolute Gasteiger partial charge is 0.443 e. The first-order chi connectivity index (χ1) is 14.6. The number of amides is 1. The molecule has 0 bridgehead atoms. The van der Waals surface area contributed by atoms with Gasteiger partial charge in [-0.1, -0.05) is 6.07 Å². The van der Waals surface area contributed by atoms with E-state index in [2.05, 4.69) is 0 Å². The third-order valence-corrected chi connectivity index (χ3v) is 5.41. The number of aliphatic hydroxyl groups is 1. The molecule has 0 atom stereocenters. The lowest BCUT2D eigenvalue weighted by atomic mass is 10.0. The zero-order chi connectivity index (χ0) is 22.8. The molecule has 1 N–H and O–H groups in total. The first kappa shape index (κ1) is 23.3. The summed E-state index contributed by atoms with van der Waals surface area (Å²) < 4.78 is 12.2. The highest BCUT2D eigenvalue weighted by atomic mass is 16.6. The molecule has 1 aliphatic heterocycles. The van der Waals surface area contributed by atoms with Crippen molar-refractivity contribution in [1.29, 1.82) is 0 Å². The Kier molecular flexibility index (Phi) is 7.06. The van der Waals surface area contributed by atoms with E-state index in [4.69, 9.17) is 9.47 Å². The number of pyridine rings is 1. The van der Waals surface area contributed by atoms with Gasteiger partial charge in [-0.05, 0) is 82.0 Å². The zero-order valence-electron chi connectivity index (χ0n) is 19.2. The molecule has 1 saturated heterocycles. The van der Waals surface area contributed by atoms with Gasteiger partial charge in [0.15, 0.2) is 0 Å². The fraction of sp³-hybridized carbons (Fsp3) is 0.583. The highest BCUT2D eigenvalue weighted by Crippen LogP contribution is 2.39. The molecule has 1 aromatic carbocycles. The number of anilines is 1. The first-order valence-electron chi connectivity index (χ1n) is 11.0. The molecule has 7 heteroatoms. The van der Waals surface area contributed by atoms with Crippen molar-refractivity contribution >= 4 is 22.7 Å². The molecule has 1 saturated carbocycles. The van der Waals surface area contributed by atoms with Gasteiger partial charge in [-0.15, -0.1) is 0 Å². The fourth-order valence-electron chi connectivity index (χ4n) is 3.73. The molecule has 2 fully saturated rings. The number of carbonyl (C=O) groups excluding carboxylic acids is 1. The van der Waals surface area contributed by atoms with Crippen LogP contribution in [0.3, 0.4) is 0 Å². The Bertz CT molecular complexity index is 990. The normalized spacial score (nSPS) is 16.1. The molecule has 1 aromatic heterocycles. The van der Waals surface area contributed by atoms with E-state index in [9.17, 15) is 14.7 Å². The molecule has 0 radical (unpaired) electrons. The predicted octanol–water partition coefficient (Wildman–Crippen LogP) is 4.31. The van der Waals surface area contributed by atoms with Gasteiger partial charge in [0.2, 0.25) is 0 Å². The SMILES string of the molecule is C1CCOC1.Cc1c(N(C)C(=O)OC(C)(C)C)n(C2CC2)c(=O)c2ccc(CO)cc12. The topological polar surface area (TPSA) is 81.0 Å². The number of hydrogen-bond donors (Lipinski definition) is 1. The summed E-state index contributed by atoms with van der Waals surface area (Å²) in [7, 11) is 1.64. The number of aromatic nitrogens is 1. The van der Waals surface area contributed by atoms with Crippen molar-refractivity contribution in [3.05, 3.63) is 39.7 Å². The lowest BCUT2D eigenvalue weighted by Crippen LogP contribution is -2.38. The first-order valence-corrected chi connectivity index (χ1v) is 11.0. The van der Waals surface area contributed by atoms with E-state index in [-0.39, 0.29) is 18.2 Å². The Morgan fingerprint density at radius 2 is 1.87 bits per heavy atom. The van der Waals surface area contributed by atoms with Crippen molar-refractivity contribution < 1.29 is 19.4 Å². The second kappa shape index (κ2) is 9.40. The smallest absolute Gasteiger partial charge is 0.415 e. The van der Waals surface area contributed by atoms with Crippen LogP contribution in [0, 0.1) is 6.92 Å². The molecule has 0 spiro atoms. The lowest BCUT2D eigenvalue weighted by Gasteiger charge is -2.28. The van der Waals surface area contributed by atoms with Crippen molar-refractivity contribution in [3.8, 4) is 0 Å². The van der Waals surface area contributed by atoms with Gasteiger partial charge in [-0.2, -0.15) is 0 Å². The van der Waals surface area contributed by atoms with Crippen molar-refractivity contribution in [2.24, 2.45) is 0 Å². The summed E-state index contributed by atoms with van der Waals surface area (Å²) in [4.78, 5) is 27.2. The molecule has 2 aromatic rings. The molecule has 31 heavy (non-hydrogen) atoms. The summed E-state index contributed by atoms with van der Waals surface area (Å²) in [5.74, 6) is 0.564. The minimum Gasteiger partial charge on any atom is -0.443 e. The standard InChI is InChI=1S/C20H26N2O4.C4H8O/c1-12-16-10-13(11-23)6-9-15(16)18(24)22(14-7-8-14)17(12)21(5)19(25)26-20(2,3)4;1-2-4-5-3-1/h6,9-10,14,23H,7-8,11H2,1-5H3;1-4H2. The van der Waals surface area contributed by atoms with E-state index in [1.807, 2.05) is 33.8 Å². The van der Waals surface area contributed by atoms with Gasteiger partial charge in [0.25, 0.3) is 5.56 Å². The zero-order valence-corrected chi connectivity index (χ0v) is 19.2. The monoisotopic (exact) mass is 430 g/mol. The number of benzene rings is 1. The molecule has 1 aliphatic carbocycles. The van der Waals surface area contributed by atoms with Crippen molar-refractivity contribution in [2.45, 2.75) is 71.6 Å². The summed E-state index contributed by atoms with van der Waals surface area (Å²) >= 11 is 0. The molecular formula is C24H34N2O5. The van der Waals surface area contributed by atoms with Gasteiger partial charge in [0.05, 0.1) is 6.61 Å². The molecular weight excluding hydrogens is 396 g/mol. The molecule has 2 heterocycles. The summed E-state index contributed by atoms with van der Waals surface area (Å²) in [6.07, 6.45) is 3.91. The van der Waals surface area contributed by atoms with Crippen LogP contribution in [0.5, 0.6) is 0 Å². The van der Waals surface area contributed by atoms with Crippen molar-refractivity contribution in [2.75, 3.05) is 25.2 Å². The number of hydrogen-bond acceptors (Lipinski definition) is 5. The average molecular weight is 431 g/mol. The number of fused-ring (bicyclic) bond motifs is 1. The molecule has 170 valence electrons. The third-order valence-electron chi connectivity index (χ3n) is 5.41. The Balaban J connectivity index is 0.000000478. The molecule has 7 nitrogen and oxygen atoms in total.